The van der Waals surface area contributed by atoms with Crippen LogP contribution >= 0.6 is 0 Å². The van der Waals surface area contributed by atoms with E-state index in [0.29, 0.717) is 6.54 Å². The monoisotopic (exact) mass is 595 g/mol. The SMILES string of the molecule is C=N/C(=C1/CCC=CC1=NCc1cccc(C2=Nc3ccccc3C3c4ccccc4OC23)c1)c1ccc(-c2ccccc2)cc1. The first kappa shape index (κ1) is 27.9. The largest absolute Gasteiger partial charge is 0.483 e. The first-order chi connectivity index (χ1) is 22.8. The molecule has 0 spiro atoms. The molecule has 0 saturated carbocycles. The van der Waals surface area contributed by atoms with Crippen molar-refractivity contribution in [1.29, 1.82) is 0 Å². The molecule has 46 heavy (non-hydrogen) atoms. The van der Waals surface area contributed by atoms with Crippen LogP contribution in [0.1, 0.15) is 46.6 Å². The maximum absolute atomic E-state index is 6.57. The summed E-state index contributed by atoms with van der Waals surface area (Å²) in [5.41, 5.74) is 13.0. The molecular weight excluding hydrogens is 562 g/mol. The predicted octanol–water partition coefficient (Wildman–Crippen LogP) is 9.78. The summed E-state index contributed by atoms with van der Waals surface area (Å²) in [6, 6.07) is 44.4. The smallest absolute Gasteiger partial charge is 0.152 e. The number of fused-ring (bicyclic) bond motifs is 5. The highest BCUT2D eigenvalue weighted by atomic mass is 16.5. The van der Waals surface area contributed by atoms with Crippen LogP contribution in [0.3, 0.4) is 0 Å². The normalized spacial score (nSPS) is 19.8. The van der Waals surface area contributed by atoms with E-state index < -0.39 is 0 Å². The van der Waals surface area contributed by atoms with Crippen molar-refractivity contribution in [2.75, 3.05) is 0 Å². The first-order valence-corrected chi connectivity index (χ1v) is 15.9. The van der Waals surface area contributed by atoms with Gasteiger partial charge in [-0.25, -0.2) is 4.99 Å². The molecule has 4 nitrogen and oxygen atoms in total. The van der Waals surface area contributed by atoms with Crippen LogP contribution in [0.4, 0.5) is 5.69 Å². The second-order valence-electron chi connectivity index (χ2n) is 11.9. The molecule has 0 saturated heterocycles. The molecule has 0 fully saturated rings. The fourth-order valence-electron chi connectivity index (χ4n) is 6.89. The van der Waals surface area contributed by atoms with Gasteiger partial charge in [-0.3, -0.25) is 9.98 Å². The lowest BCUT2D eigenvalue weighted by Crippen LogP contribution is -2.33. The summed E-state index contributed by atoms with van der Waals surface area (Å²) in [7, 11) is 0. The average Bonchev–Trinajstić information content (AvgIpc) is 3.52. The van der Waals surface area contributed by atoms with E-state index in [-0.39, 0.29) is 12.0 Å². The molecule has 5 aromatic carbocycles. The predicted molar refractivity (Wildman–Crippen MR) is 190 cm³/mol. The van der Waals surface area contributed by atoms with Crippen molar-refractivity contribution in [1.82, 2.24) is 0 Å². The molecular formula is C42H33N3O. The van der Waals surface area contributed by atoms with Crippen molar-refractivity contribution in [3.63, 3.8) is 0 Å². The van der Waals surface area contributed by atoms with Crippen molar-refractivity contribution in [2.24, 2.45) is 15.0 Å². The van der Waals surface area contributed by atoms with Crippen molar-refractivity contribution in [3.8, 4) is 16.9 Å². The van der Waals surface area contributed by atoms with Crippen molar-refractivity contribution in [2.45, 2.75) is 31.4 Å². The molecule has 1 aliphatic carbocycles. The van der Waals surface area contributed by atoms with E-state index in [0.717, 1.165) is 63.7 Å². The lowest BCUT2D eigenvalue weighted by atomic mass is 9.81. The van der Waals surface area contributed by atoms with Gasteiger partial charge in [0, 0.05) is 22.3 Å². The van der Waals surface area contributed by atoms with Gasteiger partial charge in [0.05, 0.1) is 35.3 Å². The van der Waals surface area contributed by atoms with Gasteiger partial charge in [-0.05, 0) is 66.1 Å². The van der Waals surface area contributed by atoms with E-state index in [9.17, 15) is 0 Å². The summed E-state index contributed by atoms with van der Waals surface area (Å²) in [6.07, 6.45) is 5.99. The Morgan fingerprint density at radius 2 is 1.50 bits per heavy atom. The van der Waals surface area contributed by atoms with Crippen LogP contribution < -0.4 is 4.74 Å². The summed E-state index contributed by atoms with van der Waals surface area (Å²) in [4.78, 5) is 14.8. The van der Waals surface area contributed by atoms with E-state index in [1.54, 1.807) is 0 Å². The Bertz CT molecular complexity index is 2070. The molecule has 2 aliphatic heterocycles. The third-order valence-electron chi connectivity index (χ3n) is 9.10. The quantitative estimate of drug-likeness (QED) is 0.180. The highest BCUT2D eigenvalue weighted by molar-refractivity contribution is 6.14. The number of allylic oxidation sites excluding steroid dienone is 3. The van der Waals surface area contributed by atoms with Crippen LogP contribution in [0.5, 0.6) is 5.75 Å². The molecule has 0 N–H and O–H groups in total. The zero-order valence-corrected chi connectivity index (χ0v) is 25.5. The molecule has 2 atom stereocenters. The minimum atomic E-state index is -0.167. The molecule has 0 aromatic heterocycles. The molecule has 3 aliphatic rings. The van der Waals surface area contributed by atoms with Crippen LogP contribution in [-0.2, 0) is 6.54 Å². The Morgan fingerprint density at radius 3 is 2.35 bits per heavy atom. The van der Waals surface area contributed by atoms with Crippen LogP contribution in [0.25, 0.3) is 16.8 Å². The summed E-state index contributed by atoms with van der Waals surface area (Å²) < 4.78 is 6.57. The lowest BCUT2D eigenvalue weighted by molar-refractivity contribution is 0.285. The number of ether oxygens (including phenoxy) is 1. The van der Waals surface area contributed by atoms with E-state index in [4.69, 9.17) is 14.7 Å². The van der Waals surface area contributed by atoms with E-state index >= 15 is 0 Å². The zero-order valence-electron chi connectivity index (χ0n) is 25.5. The van der Waals surface area contributed by atoms with Crippen molar-refractivity contribution < 1.29 is 4.74 Å². The Kier molecular flexibility index (Phi) is 7.31. The minimum Gasteiger partial charge on any atom is -0.483 e. The summed E-state index contributed by atoms with van der Waals surface area (Å²) in [6.45, 7) is 4.50. The fourth-order valence-corrected chi connectivity index (χ4v) is 6.89. The van der Waals surface area contributed by atoms with E-state index in [1.165, 1.54) is 22.3 Å². The lowest BCUT2D eigenvalue weighted by Gasteiger charge is -2.27. The van der Waals surface area contributed by atoms with Crippen LogP contribution in [0.15, 0.2) is 160 Å². The standard InChI is InChI=1S/C42H33N3O/c1-43-40(31-24-22-30(23-25-31)29-13-3-2-4-14-29)34-17-6-8-19-36(34)44-27-28-12-11-15-32(26-28)41-42-39(33-16-5-9-20-37(33)45-41)35-18-7-10-21-38(35)46-42/h2-5,7-16,18-26,39,42H,1,6,17,27H2/b40-34-,44-36?. The fraction of sp³-hybridized carbons (Fsp3) is 0.119. The second kappa shape index (κ2) is 12.1. The number of para-hydroxylation sites is 2. The number of hydrogen-bond acceptors (Lipinski definition) is 4. The third-order valence-corrected chi connectivity index (χ3v) is 9.10. The van der Waals surface area contributed by atoms with E-state index in [1.807, 2.05) is 12.1 Å². The molecule has 4 heteroatoms. The summed E-state index contributed by atoms with van der Waals surface area (Å²) in [5.74, 6) is 1.06. The summed E-state index contributed by atoms with van der Waals surface area (Å²) in [5, 5.41) is 0. The summed E-state index contributed by atoms with van der Waals surface area (Å²) >= 11 is 0. The number of nitrogens with zero attached hydrogens (tertiary/aromatic N) is 3. The minimum absolute atomic E-state index is 0.121. The highest BCUT2D eigenvalue weighted by Gasteiger charge is 2.42. The Labute approximate surface area is 269 Å². The third kappa shape index (κ3) is 5.12. The zero-order chi connectivity index (χ0) is 30.9. The number of rotatable bonds is 6. The first-order valence-electron chi connectivity index (χ1n) is 15.9. The van der Waals surface area contributed by atoms with Gasteiger partial charge >= 0.3 is 0 Å². The Hall–Kier alpha value is -5.61. The van der Waals surface area contributed by atoms with Gasteiger partial charge in [0.1, 0.15) is 5.75 Å². The van der Waals surface area contributed by atoms with Gasteiger partial charge in [0.25, 0.3) is 0 Å². The van der Waals surface area contributed by atoms with Gasteiger partial charge in [-0.1, -0.05) is 115 Å². The second-order valence-corrected chi connectivity index (χ2v) is 11.9. The topological polar surface area (TPSA) is 46.3 Å². The Balaban J connectivity index is 1.10. The maximum Gasteiger partial charge on any atom is 0.152 e. The highest BCUT2D eigenvalue weighted by Crippen LogP contribution is 2.48. The van der Waals surface area contributed by atoms with Crippen LogP contribution in [0, 0.1) is 0 Å². The molecule has 0 amide bonds. The molecule has 8 rings (SSSR count). The average molecular weight is 596 g/mol. The molecule has 2 unspecified atom stereocenters. The van der Waals surface area contributed by atoms with Gasteiger partial charge in [0.2, 0.25) is 0 Å². The van der Waals surface area contributed by atoms with Crippen LogP contribution in [-0.4, -0.2) is 24.2 Å². The van der Waals surface area contributed by atoms with Gasteiger partial charge in [0.15, 0.2) is 6.10 Å². The van der Waals surface area contributed by atoms with E-state index in [2.05, 4.69) is 139 Å². The van der Waals surface area contributed by atoms with Gasteiger partial charge in [-0.2, -0.15) is 0 Å². The van der Waals surface area contributed by atoms with Gasteiger partial charge in [-0.15, -0.1) is 0 Å². The molecule has 5 aromatic rings. The van der Waals surface area contributed by atoms with Crippen molar-refractivity contribution in [3.05, 3.63) is 173 Å². The van der Waals surface area contributed by atoms with Crippen LogP contribution in [0.2, 0.25) is 0 Å². The molecule has 0 radical (unpaired) electrons. The number of aliphatic imine (C=N–C) groups is 3. The maximum atomic E-state index is 6.57. The molecule has 2 heterocycles. The van der Waals surface area contributed by atoms with Gasteiger partial charge < -0.3 is 4.74 Å². The van der Waals surface area contributed by atoms with Crippen molar-refractivity contribution >= 4 is 29.5 Å². The number of hydrogen-bond donors (Lipinski definition) is 0. The molecule has 0 bridgehead atoms. The number of benzene rings is 5. The molecule has 222 valence electrons. The Morgan fingerprint density at radius 1 is 0.761 bits per heavy atom.